The maximum atomic E-state index is 12.7. The molecule has 0 unspecified atom stereocenters. The van der Waals surface area contributed by atoms with Crippen molar-refractivity contribution in [3.05, 3.63) is 90.5 Å². The molecule has 0 aliphatic heterocycles. The maximum absolute atomic E-state index is 12.7. The Kier molecular flexibility index (Phi) is 4.93. The Bertz CT molecular complexity index is 895. The average Bonchev–Trinajstić information content (AvgIpc) is 2.62. The second kappa shape index (κ2) is 7.29. The van der Waals surface area contributed by atoms with E-state index in [1.165, 1.54) is 0 Å². The Balaban J connectivity index is 1.82. The maximum Gasteiger partial charge on any atom is 0.242 e. The molecule has 0 amide bonds. The van der Waals surface area contributed by atoms with Crippen LogP contribution >= 0.6 is 0 Å². The van der Waals surface area contributed by atoms with Gasteiger partial charge in [-0.1, -0.05) is 60.7 Å². The van der Waals surface area contributed by atoms with Crippen LogP contribution in [-0.4, -0.2) is 8.42 Å². The molecule has 0 aromatic heterocycles. The molecule has 24 heavy (non-hydrogen) atoms. The van der Waals surface area contributed by atoms with Gasteiger partial charge in [-0.3, -0.25) is 0 Å². The molecule has 3 aromatic carbocycles. The topological polar surface area (TPSA) is 58.2 Å². The average molecular weight is 338 g/mol. The lowest BCUT2D eigenvalue weighted by molar-refractivity contribution is 0.581. The molecule has 0 radical (unpaired) electrons. The first-order valence-corrected chi connectivity index (χ1v) is 9.08. The summed E-state index contributed by atoms with van der Waals surface area (Å²) in [7, 11) is -3.62. The highest BCUT2D eigenvalue weighted by Crippen LogP contribution is 2.24. The predicted molar refractivity (Wildman–Crippen MR) is 96.6 cm³/mol. The highest BCUT2D eigenvalue weighted by molar-refractivity contribution is 7.89. The molecule has 0 aliphatic rings. The Morgan fingerprint density at radius 3 is 2.00 bits per heavy atom. The lowest BCUT2D eigenvalue weighted by Crippen LogP contribution is -2.24. The van der Waals surface area contributed by atoms with Gasteiger partial charge in [-0.15, -0.1) is 0 Å². The second-order valence-corrected chi connectivity index (χ2v) is 7.03. The Hall–Kier alpha value is -2.63. The van der Waals surface area contributed by atoms with Crippen LogP contribution in [0, 0.1) is 0 Å². The first-order valence-electron chi connectivity index (χ1n) is 7.60. The zero-order chi connectivity index (χ0) is 16.8. The first kappa shape index (κ1) is 16.2. The van der Waals surface area contributed by atoms with Crippen molar-refractivity contribution in [1.29, 1.82) is 0 Å². The molecule has 3 rings (SSSR count). The minimum atomic E-state index is -3.62. The molecule has 4 nitrogen and oxygen atoms in total. The molecule has 0 aliphatic carbocycles. The highest BCUT2D eigenvalue weighted by Gasteiger charge is 2.18. The van der Waals surface area contributed by atoms with E-state index >= 15 is 0 Å². The van der Waals surface area contributed by atoms with Crippen LogP contribution in [0.25, 0.3) is 0 Å². The number of anilines is 2. The zero-order valence-corrected chi connectivity index (χ0v) is 13.8. The summed E-state index contributed by atoms with van der Waals surface area (Å²) in [6.07, 6.45) is 0. The van der Waals surface area contributed by atoms with E-state index in [1.54, 1.807) is 18.2 Å². The number of para-hydroxylation sites is 2. The molecule has 122 valence electrons. The van der Waals surface area contributed by atoms with Crippen LogP contribution in [0.4, 0.5) is 11.4 Å². The van der Waals surface area contributed by atoms with Gasteiger partial charge >= 0.3 is 0 Å². The summed E-state index contributed by atoms with van der Waals surface area (Å²) >= 11 is 0. The normalized spacial score (nSPS) is 11.2. The molecular formula is C19H18N2O2S. The van der Waals surface area contributed by atoms with E-state index in [-0.39, 0.29) is 11.4 Å². The van der Waals surface area contributed by atoms with E-state index < -0.39 is 10.0 Å². The summed E-state index contributed by atoms with van der Waals surface area (Å²) < 4.78 is 28.0. The number of hydrogen-bond acceptors (Lipinski definition) is 3. The van der Waals surface area contributed by atoms with E-state index in [4.69, 9.17) is 0 Å². The van der Waals surface area contributed by atoms with Crippen LogP contribution in [0.5, 0.6) is 0 Å². The fourth-order valence-corrected chi connectivity index (χ4v) is 3.51. The van der Waals surface area contributed by atoms with Crippen LogP contribution < -0.4 is 10.0 Å². The summed E-state index contributed by atoms with van der Waals surface area (Å²) in [5.74, 6) is 0. The molecule has 2 N–H and O–H groups in total. The summed E-state index contributed by atoms with van der Waals surface area (Å²) in [4.78, 5) is 0.227. The summed E-state index contributed by atoms with van der Waals surface area (Å²) in [6, 6.07) is 25.8. The van der Waals surface area contributed by atoms with Crippen molar-refractivity contribution in [2.75, 3.05) is 5.32 Å². The molecule has 3 aromatic rings. The van der Waals surface area contributed by atoms with Crippen molar-refractivity contribution in [2.45, 2.75) is 11.4 Å². The van der Waals surface area contributed by atoms with E-state index in [0.717, 1.165) is 11.3 Å². The minimum Gasteiger partial charge on any atom is -0.354 e. The van der Waals surface area contributed by atoms with Gasteiger partial charge in [-0.05, 0) is 29.8 Å². The number of rotatable bonds is 6. The quantitative estimate of drug-likeness (QED) is 0.716. The van der Waals surface area contributed by atoms with Crippen LogP contribution in [-0.2, 0) is 16.6 Å². The molecule has 0 atom stereocenters. The Morgan fingerprint density at radius 2 is 1.29 bits per heavy atom. The third-order valence-electron chi connectivity index (χ3n) is 3.54. The van der Waals surface area contributed by atoms with E-state index in [2.05, 4.69) is 10.0 Å². The summed E-state index contributed by atoms with van der Waals surface area (Å²) in [5.41, 5.74) is 2.29. The molecule has 0 bridgehead atoms. The van der Waals surface area contributed by atoms with Gasteiger partial charge in [-0.25, -0.2) is 13.1 Å². The van der Waals surface area contributed by atoms with Gasteiger partial charge in [0.25, 0.3) is 0 Å². The van der Waals surface area contributed by atoms with Gasteiger partial charge in [-0.2, -0.15) is 0 Å². The third-order valence-corrected chi connectivity index (χ3v) is 5.00. The van der Waals surface area contributed by atoms with Crippen LogP contribution in [0.1, 0.15) is 5.56 Å². The fourth-order valence-electron chi connectivity index (χ4n) is 2.33. The minimum absolute atomic E-state index is 0.227. The number of hydrogen-bond donors (Lipinski definition) is 2. The summed E-state index contributed by atoms with van der Waals surface area (Å²) in [5, 5.41) is 3.16. The number of benzene rings is 3. The van der Waals surface area contributed by atoms with Gasteiger partial charge in [0, 0.05) is 12.2 Å². The van der Waals surface area contributed by atoms with E-state index in [1.807, 2.05) is 66.7 Å². The third kappa shape index (κ3) is 4.01. The lowest BCUT2D eigenvalue weighted by atomic mass is 10.2. The van der Waals surface area contributed by atoms with Gasteiger partial charge in [0.2, 0.25) is 10.0 Å². The zero-order valence-electron chi connectivity index (χ0n) is 13.0. The van der Waals surface area contributed by atoms with Crippen molar-refractivity contribution in [2.24, 2.45) is 0 Å². The SMILES string of the molecule is O=S(=O)(NCc1ccccc1)c1ccccc1Nc1ccccc1. The molecule has 0 saturated carbocycles. The van der Waals surface area contributed by atoms with Crippen LogP contribution in [0.3, 0.4) is 0 Å². The van der Waals surface area contributed by atoms with Crippen molar-refractivity contribution in [3.8, 4) is 0 Å². The van der Waals surface area contributed by atoms with E-state index in [9.17, 15) is 8.42 Å². The van der Waals surface area contributed by atoms with Crippen molar-refractivity contribution in [1.82, 2.24) is 4.72 Å². The molecule has 0 fully saturated rings. The monoisotopic (exact) mass is 338 g/mol. The standard InChI is InChI=1S/C19H18N2O2S/c22-24(23,20-15-16-9-3-1-4-10-16)19-14-8-7-13-18(19)21-17-11-5-2-6-12-17/h1-14,20-21H,15H2. The predicted octanol–water partition coefficient (Wildman–Crippen LogP) is 3.91. The second-order valence-electron chi connectivity index (χ2n) is 5.30. The van der Waals surface area contributed by atoms with E-state index in [0.29, 0.717) is 5.69 Å². The number of sulfonamides is 1. The Labute approximate surface area is 142 Å². The molecule has 0 heterocycles. The molecular weight excluding hydrogens is 320 g/mol. The Morgan fingerprint density at radius 1 is 0.708 bits per heavy atom. The van der Waals surface area contributed by atoms with Gasteiger partial charge in [0.1, 0.15) is 4.90 Å². The largest absolute Gasteiger partial charge is 0.354 e. The first-order chi connectivity index (χ1) is 11.6. The van der Waals surface area contributed by atoms with Crippen molar-refractivity contribution in [3.63, 3.8) is 0 Å². The van der Waals surface area contributed by atoms with Gasteiger partial charge in [0.05, 0.1) is 5.69 Å². The molecule has 5 heteroatoms. The number of nitrogens with one attached hydrogen (secondary N) is 2. The van der Waals surface area contributed by atoms with Crippen molar-refractivity contribution >= 4 is 21.4 Å². The van der Waals surface area contributed by atoms with Gasteiger partial charge < -0.3 is 5.32 Å². The van der Waals surface area contributed by atoms with Crippen LogP contribution in [0.2, 0.25) is 0 Å². The fraction of sp³-hybridized carbons (Fsp3) is 0.0526. The molecule has 0 spiro atoms. The molecule has 0 saturated heterocycles. The van der Waals surface area contributed by atoms with Crippen molar-refractivity contribution < 1.29 is 8.42 Å². The summed E-state index contributed by atoms with van der Waals surface area (Å²) in [6.45, 7) is 0.253. The van der Waals surface area contributed by atoms with Gasteiger partial charge in [0.15, 0.2) is 0 Å². The smallest absolute Gasteiger partial charge is 0.242 e. The lowest BCUT2D eigenvalue weighted by Gasteiger charge is -2.13. The highest BCUT2D eigenvalue weighted by atomic mass is 32.2. The van der Waals surface area contributed by atoms with Crippen LogP contribution in [0.15, 0.2) is 89.8 Å².